The Hall–Kier alpha value is -0.790. The summed E-state index contributed by atoms with van der Waals surface area (Å²) >= 11 is 2.26. The molecule has 0 fully saturated rings. The van der Waals surface area contributed by atoms with Gasteiger partial charge in [0.15, 0.2) is 0 Å². The summed E-state index contributed by atoms with van der Waals surface area (Å²) in [6.45, 7) is 10.3. The molecule has 0 spiro atoms. The molecule has 2 atom stereocenters. The molecule has 0 saturated carbocycles. The van der Waals surface area contributed by atoms with E-state index in [0.29, 0.717) is 6.54 Å². The van der Waals surface area contributed by atoms with Crippen LogP contribution in [-0.4, -0.2) is 32.4 Å². The second-order valence-corrected chi connectivity index (χ2v) is 7.14. The van der Waals surface area contributed by atoms with Crippen LogP contribution in [0.2, 0.25) is 0 Å². The smallest absolute Gasteiger partial charge is 0.410 e. The zero-order chi connectivity index (χ0) is 14.4. The summed E-state index contributed by atoms with van der Waals surface area (Å²) in [5.74, 6) is 0. The lowest BCUT2D eigenvalue weighted by Crippen LogP contribution is -2.48. The molecule has 0 aliphatic carbocycles. The van der Waals surface area contributed by atoms with Crippen molar-refractivity contribution in [2.75, 3.05) is 0 Å². The van der Waals surface area contributed by atoms with Crippen molar-refractivity contribution < 1.29 is 9.53 Å². The van der Waals surface area contributed by atoms with Crippen LogP contribution in [0.5, 0.6) is 0 Å². The van der Waals surface area contributed by atoms with Gasteiger partial charge < -0.3 is 4.74 Å². The molecule has 0 N–H and O–H groups in total. The summed E-state index contributed by atoms with van der Waals surface area (Å²) in [6, 6.07) is 0.220. The van der Waals surface area contributed by atoms with Gasteiger partial charge in [0.25, 0.3) is 0 Å². The summed E-state index contributed by atoms with van der Waals surface area (Å²) in [6.07, 6.45) is 1.59. The Morgan fingerprint density at radius 1 is 1.42 bits per heavy atom. The lowest BCUT2D eigenvalue weighted by atomic mass is 10.1. The first kappa shape index (κ1) is 14.6. The van der Waals surface area contributed by atoms with E-state index in [-0.39, 0.29) is 18.2 Å². The van der Waals surface area contributed by atoms with Gasteiger partial charge in [-0.15, -0.1) is 0 Å². The number of aromatic nitrogens is 2. The van der Waals surface area contributed by atoms with Gasteiger partial charge in [-0.25, -0.2) is 4.79 Å². The van der Waals surface area contributed by atoms with Crippen LogP contribution < -0.4 is 0 Å². The van der Waals surface area contributed by atoms with E-state index in [9.17, 15) is 4.79 Å². The van der Waals surface area contributed by atoms with Crippen LogP contribution in [0.15, 0.2) is 6.20 Å². The average Bonchev–Trinajstić information content (AvgIpc) is 2.63. The number of carbonyl (C=O) groups is 1. The van der Waals surface area contributed by atoms with Gasteiger partial charge in [0.1, 0.15) is 5.60 Å². The molecule has 1 aromatic rings. The highest BCUT2D eigenvalue weighted by Crippen LogP contribution is 2.30. The molecule has 0 bridgehead atoms. The second kappa shape index (κ2) is 4.96. The fourth-order valence-electron chi connectivity index (χ4n) is 2.19. The van der Waals surface area contributed by atoms with Crippen molar-refractivity contribution in [1.29, 1.82) is 0 Å². The Morgan fingerprint density at radius 2 is 2.05 bits per heavy atom. The Bertz CT molecular complexity index is 493. The van der Waals surface area contributed by atoms with Crippen molar-refractivity contribution in [3.63, 3.8) is 0 Å². The maximum Gasteiger partial charge on any atom is 0.410 e. The zero-order valence-electron chi connectivity index (χ0n) is 12.0. The van der Waals surface area contributed by atoms with Gasteiger partial charge in [-0.05, 0) is 57.2 Å². The van der Waals surface area contributed by atoms with Gasteiger partial charge in [0.2, 0.25) is 0 Å². The lowest BCUT2D eigenvalue weighted by Gasteiger charge is -2.39. The predicted molar refractivity (Wildman–Crippen MR) is 80.9 cm³/mol. The SMILES string of the molecule is C[C@H]1[C@H](C)n2ncc(I)c2CN1C(=O)OC(C)(C)C. The topological polar surface area (TPSA) is 47.4 Å². The Morgan fingerprint density at radius 3 is 2.63 bits per heavy atom. The molecule has 5 nitrogen and oxygen atoms in total. The minimum Gasteiger partial charge on any atom is -0.444 e. The van der Waals surface area contributed by atoms with Crippen LogP contribution in [0.3, 0.4) is 0 Å². The van der Waals surface area contributed by atoms with E-state index < -0.39 is 5.60 Å². The minimum absolute atomic E-state index is 0.0676. The van der Waals surface area contributed by atoms with Gasteiger partial charge in [-0.3, -0.25) is 9.58 Å². The molecule has 2 heterocycles. The number of fused-ring (bicyclic) bond motifs is 1. The van der Waals surface area contributed by atoms with Crippen molar-refractivity contribution in [3.05, 3.63) is 15.5 Å². The lowest BCUT2D eigenvalue weighted by molar-refractivity contribution is 0.00399. The molecule has 1 aliphatic rings. The Kier molecular flexibility index (Phi) is 3.81. The highest BCUT2D eigenvalue weighted by Gasteiger charge is 2.36. The van der Waals surface area contributed by atoms with Crippen LogP contribution in [0.25, 0.3) is 0 Å². The van der Waals surface area contributed by atoms with Crippen molar-refractivity contribution >= 4 is 28.7 Å². The van der Waals surface area contributed by atoms with Crippen LogP contribution in [-0.2, 0) is 11.3 Å². The van der Waals surface area contributed by atoms with Crippen molar-refractivity contribution in [1.82, 2.24) is 14.7 Å². The molecule has 2 rings (SSSR count). The predicted octanol–water partition coefficient (Wildman–Crippen LogP) is 3.19. The third-order valence-corrected chi connectivity index (χ3v) is 4.27. The third kappa shape index (κ3) is 2.88. The average molecular weight is 377 g/mol. The van der Waals surface area contributed by atoms with Crippen molar-refractivity contribution in [2.24, 2.45) is 0 Å². The molecule has 0 radical (unpaired) electrons. The number of hydrogen-bond donors (Lipinski definition) is 0. The standard InChI is InChI=1S/C13H20IN3O2/c1-8-9(2)17-11(10(14)6-15-17)7-16(8)12(18)19-13(3,4)5/h6,8-9H,7H2,1-5H3/t8-,9-/m0/s1. The van der Waals surface area contributed by atoms with E-state index in [4.69, 9.17) is 4.74 Å². The summed E-state index contributed by atoms with van der Waals surface area (Å²) in [4.78, 5) is 14.1. The Balaban J connectivity index is 2.25. The number of rotatable bonds is 0. The van der Waals surface area contributed by atoms with Gasteiger partial charge >= 0.3 is 6.09 Å². The first-order valence-electron chi connectivity index (χ1n) is 6.42. The first-order valence-corrected chi connectivity index (χ1v) is 7.50. The fraction of sp³-hybridized carbons (Fsp3) is 0.692. The molecular formula is C13H20IN3O2. The summed E-state index contributed by atoms with van der Waals surface area (Å²) < 4.78 is 8.58. The molecule has 0 unspecified atom stereocenters. The molecule has 106 valence electrons. The monoisotopic (exact) mass is 377 g/mol. The molecule has 19 heavy (non-hydrogen) atoms. The maximum atomic E-state index is 12.3. The van der Waals surface area contributed by atoms with E-state index in [1.54, 1.807) is 4.90 Å². The van der Waals surface area contributed by atoms with Gasteiger partial charge in [-0.2, -0.15) is 5.10 Å². The Labute approximate surface area is 127 Å². The third-order valence-electron chi connectivity index (χ3n) is 3.37. The van der Waals surface area contributed by atoms with Crippen LogP contribution >= 0.6 is 22.6 Å². The van der Waals surface area contributed by atoms with Gasteiger partial charge in [0.05, 0.1) is 34.1 Å². The number of carbonyl (C=O) groups excluding carboxylic acids is 1. The maximum absolute atomic E-state index is 12.3. The highest BCUT2D eigenvalue weighted by molar-refractivity contribution is 14.1. The van der Waals surface area contributed by atoms with E-state index in [0.717, 1.165) is 9.26 Å². The molecular weight excluding hydrogens is 357 g/mol. The van der Waals surface area contributed by atoms with E-state index in [1.807, 2.05) is 38.6 Å². The largest absolute Gasteiger partial charge is 0.444 e. The molecule has 0 saturated heterocycles. The number of amides is 1. The molecule has 6 heteroatoms. The van der Waals surface area contributed by atoms with Gasteiger partial charge in [0, 0.05) is 0 Å². The number of halogens is 1. The van der Waals surface area contributed by atoms with Crippen LogP contribution in [0, 0.1) is 3.57 Å². The van der Waals surface area contributed by atoms with Crippen molar-refractivity contribution in [3.8, 4) is 0 Å². The minimum atomic E-state index is -0.467. The van der Waals surface area contributed by atoms with Crippen LogP contribution in [0.1, 0.15) is 46.4 Å². The van der Waals surface area contributed by atoms with E-state index in [1.165, 1.54) is 0 Å². The molecule has 1 aromatic heterocycles. The second-order valence-electron chi connectivity index (χ2n) is 5.97. The summed E-state index contributed by atoms with van der Waals surface area (Å²) in [5, 5.41) is 4.39. The zero-order valence-corrected chi connectivity index (χ0v) is 14.1. The fourth-order valence-corrected chi connectivity index (χ4v) is 2.73. The molecule has 0 aromatic carbocycles. The molecule has 1 aliphatic heterocycles. The number of ether oxygens (including phenoxy) is 1. The first-order chi connectivity index (χ1) is 8.70. The number of hydrogen-bond acceptors (Lipinski definition) is 3. The normalized spacial score (nSPS) is 23.2. The van der Waals surface area contributed by atoms with Gasteiger partial charge in [-0.1, -0.05) is 0 Å². The van der Waals surface area contributed by atoms with Crippen molar-refractivity contribution in [2.45, 2.75) is 58.8 Å². The molecule has 1 amide bonds. The van der Waals surface area contributed by atoms with E-state index >= 15 is 0 Å². The van der Waals surface area contributed by atoms with E-state index in [2.05, 4.69) is 34.6 Å². The highest BCUT2D eigenvalue weighted by atomic mass is 127. The number of nitrogens with zero attached hydrogens (tertiary/aromatic N) is 3. The quantitative estimate of drug-likeness (QED) is 0.653. The summed E-state index contributed by atoms with van der Waals surface area (Å²) in [7, 11) is 0. The summed E-state index contributed by atoms with van der Waals surface area (Å²) in [5.41, 5.74) is 0.613. The van der Waals surface area contributed by atoms with Crippen LogP contribution in [0.4, 0.5) is 4.79 Å².